The van der Waals surface area contributed by atoms with Crippen LogP contribution in [0.15, 0.2) is 17.0 Å². The van der Waals surface area contributed by atoms with E-state index in [1.165, 1.54) is 16.3 Å². The molecule has 3 aromatic rings. The second-order valence-corrected chi connectivity index (χ2v) is 23.3. The van der Waals surface area contributed by atoms with Crippen LogP contribution in [0.2, 0.25) is 25.7 Å². The summed E-state index contributed by atoms with van der Waals surface area (Å²) in [6, 6.07) is 4.85. The fraction of sp³-hybridized carbons (Fsp3) is 0.643. The minimum atomic E-state index is -4.63. The zero-order valence-corrected chi connectivity index (χ0v) is 30.2. The lowest BCUT2D eigenvalue weighted by atomic mass is 10.1. The average Bonchev–Trinajstić information content (AvgIpc) is 3.48. The molecule has 18 heteroatoms. The fourth-order valence-corrected chi connectivity index (χ4v) is 8.99. The highest BCUT2D eigenvalue weighted by molar-refractivity contribution is 7.97. The zero-order chi connectivity index (χ0) is 33.7. The number of ether oxygens (including phenoxy) is 1. The van der Waals surface area contributed by atoms with Crippen LogP contribution in [0.4, 0.5) is 18.9 Å². The van der Waals surface area contributed by atoms with Gasteiger partial charge in [-0.3, -0.25) is 9.53 Å². The molecule has 1 saturated heterocycles. The number of anilines is 1. The Kier molecular flexibility index (Phi) is 9.88. The third-order valence-corrected chi connectivity index (χ3v) is 14.2. The maximum atomic E-state index is 13.4. The van der Waals surface area contributed by atoms with E-state index in [2.05, 4.69) is 44.7 Å². The summed E-state index contributed by atoms with van der Waals surface area (Å²) in [6.07, 6.45) is -3.20. The molecule has 0 bridgehead atoms. The van der Waals surface area contributed by atoms with Crippen molar-refractivity contribution in [1.82, 2.24) is 28.6 Å². The first kappa shape index (κ1) is 35.0. The number of fused-ring (bicyclic) bond motifs is 1. The Bertz CT molecular complexity index is 1720. The van der Waals surface area contributed by atoms with Gasteiger partial charge in [-0.2, -0.15) is 22.6 Å². The summed E-state index contributed by atoms with van der Waals surface area (Å²) in [7, 11) is -3.01. The molecule has 0 radical (unpaired) electrons. The molecule has 46 heavy (non-hydrogen) atoms. The van der Waals surface area contributed by atoms with Gasteiger partial charge >= 0.3 is 6.18 Å². The summed E-state index contributed by atoms with van der Waals surface area (Å²) >= 11 is 1.83. The van der Waals surface area contributed by atoms with Crippen molar-refractivity contribution < 1.29 is 26.3 Å². The minimum absolute atomic E-state index is 0.0465. The van der Waals surface area contributed by atoms with Crippen molar-refractivity contribution in [2.24, 2.45) is 7.05 Å². The van der Waals surface area contributed by atoms with E-state index < -0.39 is 40.2 Å². The van der Waals surface area contributed by atoms with E-state index >= 15 is 0 Å². The van der Waals surface area contributed by atoms with Crippen molar-refractivity contribution in [3.63, 3.8) is 0 Å². The minimum Gasteiger partial charge on any atom is -0.367 e. The highest BCUT2D eigenvalue weighted by atomic mass is 32.2. The third kappa shape index (κ3) is 7.40. The monoisotopic (exact) mass is 716 g/mol. The zero-order valence-electron chi connectivity index (χ0n) is 26.8. The summed E-state index contributed by atoms with van der Waals surface area (Å²) in [4.78, 5) is 6.79. The van der Waals surface area contributed by atoms with Crippen LogP contribution in [-0.4, -0.2) is 95.5 Å². The van der Waals surface area contributed by atoms with Crippen LogP contribution < -0.4 is 4.90 Å². The smallest absolute Gasteiger partial charge is 0.367 e. The summed E-state index contributed by atoms with van der Waals surface area (Å²) in [6.45, 7) is 20.4. The van der Waals surface area contributed by atoms with E-state index in [4.69, 9.17) is 11.3 Å². The molecule has 5 rings (SSSR count). The Labute approximate surface area is 277 Å². The van der Waals surface area contributed by atoms with Crippen molar-refractivity contribution in [3.8, 4) is 10.7 Å². The number of aromatic nitrogens is 4. The summed E-state index contributed by atoms with van der Waals surface area (Å²) in [5.74, 6) is 0. The lowest BCUT2D eigenvalue weighted by Gasteiger charge is -2.36. The highest BCUT2D eigenvalue weighted by Crippen LogP contribution is 2.49. The molecule has 3 heterocycles. The molecule has 0 N–H and O–H groups in total. The number of aryl methyl sites for hydroxylation is 1. The number of rotatable bonds is 12. The Hall–Kier alpha value is -2.27. The standard InChI is InChI=1S/C28H39F3N8O3S3Si/c1-19(2)45(40,41)38-12-10-37(11-13-38)22-17-20(44-39(27(32-3)8-9-27)18-42-14-15-46(5,6)7)16-21-23(35-36(4)24(21)22)25-33-34-26(43-25)28(29,30)31/h16-17,19H,8-15,18H2,1-2,4-7H3. The van der Waals surface area contributed by atoms with E-state index in [0.29, 0.717) is 67.9 Å². The van der Waals surface area contributed by atoms with Gasteiger partial charge in [-0.1, -0.05) is 31.0 Å². The molecule has 1 aliphatic carbocycles. The van der Waals surface area contributed by atoms with Gasteiger partial charge in [-0.05, 0) is 44.0 Å². The molecule has 2 aliphatic rings. The summed E-state index contributed by atoms with van der Waals surface area (Å²) in [5, 5.41) is 10.9. The van der Waals surface area contributed by atoms with Gasteiger partial charge in [0.2, 0.25) is 15.0 Å². The van der Waals surface area contributed by atoms with Gasteiger partial charge in [0, 0.05) is 58.2 Å². The van der Waals surface area contributed by atoms with E-state index in [0.717, 1.165) is 16.6 Å². The van der Waals surface area contributed by atoms with Gasteiger partial charge in [0.25, 0.3) is 5.66 Å². The Morgan fingerprint density at radius 3 is 2.39 bits per heavy atom. The Balaban J connectivity index is 1.53. The molecule has 0 amide bonds. The molecule has 252 valence electrons. The first-order valence-electron chi connectivity index (χ1n) is 15.0. The summed E-state index contributed by atoms with van der Waals surface area (Å²) in [5.41, 5.74) is 1.05. The first-order chi connectivity index (χ1) is 21.4. The van der Waals surface area contributed by atoms with Gasteiger partial charge in [-0.15, -0.1) is 14.5 Å². The molecule has 1 aliphatic heterocycles. The number of halogens is 3. The molecule has 0 spiro atoms. The van der Waals surface area contributed by atoms with Gasteiger partial charge in [-0.25, -0.2) is 15.0 Å². The van der Waals surface area contributed by atoms with E-state index in [9.17, 15) is 21.6 Å². The Morgan fingerprint density at radius 1 is 1.17 bits per heavy atom. The SMILES string of the molecule is [C-]#[N+]C1(N(COCC[Si](C)(C)C)Sc2cc(N3CCN(S(=O)(=O)C(C)C)CC3)c3c(c2)c(-c2nnc(C(F)(F)F)s2)nn3C)CC1. The number of hydrogen-bond acceptors (Lipinski definition) is 10. The van der Waals surface area contributed by atoms with E-state index in [1.807, 2.05) is 16.4 Å². The van der Waals surface area contributed by atoms with Crippen LogP contribution in [0, 0.1) is 6.57 Å². The molecular weight excluding hydrogens is 678 g/mol. The Morgan fingerprint density at radius 2 is 1.85 bits per heavy atom. The van der Waals surface area contributed by atoms with Crippen LogP contribution in [0.3, 0.4) is 0 Å². The maximum absolute atomic E-state index is 13.4. The number of piperazine rings is 1. The molecule has 0 atom stereocenters. The van der Waals surface area contributed by atoms with Crippen molar-refractivity contribution in [3.05, 3.63) is 28.6 Å². The molecular formula is C28H39F3N8O3S3Si. The predicted octanol–water partition coefficient (Wildman–Crippen LogP) is 6.00. The van der Waals surface area contributed by atoms with Gasteiger partial charge in [0.05, 0.1) is 29.3 Å². The van der Waals surface area contributed by atoms with Crippen LogP contribution in [0.5, 0.6) is 0 Å². The van der Waals surface area contributed by atoms with Crippen molar-refractivity contribution in [2.75, 3.05) is 44.4 Å². The molecule has 1 saturated carbocycles. The number of hydrogen-bond donors (Lipinski definition) is 0. The van der Waals surface area contributed by atoms with Gasteiger partial charge < -0.3 is 9.64 Å². The fourth-order valence-electron chi connectivity index (χ4n) is 5.15. The average molecular weight is 717 g/mol. The second-order valence-electron chi connectivity index (χ2n) is 13.1. The van der Waals surface area contributed by atoms with Crippen LogP contribution in [0.25, 0.3) is 26.4 Å². The molecule has 0 unspecified atom stereocenters. The normalized spacial score (nSPS) is 17.7. The number of alkyl halides is 3. The van der Waals surface area contributed by atoms with Gasteiger partial charge in [0.15, 0.2) is 5.01 Å². The summed E-state index contributed by atoms with van der Waals surface area (Å²) < 4.78 is 77.2. The number of benzene rings is 1. The molecule has 1 aromatic carbocycles. The molecule has 2 fully saturated rings. The third-order valence-electron chi connectivity index (χ3n) is 8.09. The number of nitrogens with zero attached hydrogens (tertiary/aromatic N) is 8. The lowest BCUT2D eigenvalue weighted by molar-refractivity contribution is -0.138. The van der Waals surface area contributed by atoms with Crippen LogP contribution >= 0.6 is 23.3 Å². The largest absolute Gasteiger partial charge is 0.445 e. The first-order valence-corrected chi connectivity index (χ1v) is 21.8. The van der Waals surface area contributed by atoms with Gasteiger partial charge in [0.1, 0.15) is 12.4 Å². The quantitative estimate of drug-likeness (QED) is 0.0735. The molecule has 11 nitrogen and oxygen atoms in total. The van der Waals surface area contributed by atoms with Crippen molar-refractivity contribution in [2.45, 2.75) is 74.4 Å². The van der Waals surface area contributed by atoms with Crippen LogP contribution in [-0.2, 0) is 28.0 Å². The highest BCUT2D eigenvalue weighted by Gasteiger charge is 2.57. The van der Waals surface area contributed by atoms with Crippen molar-refractivity contribution >= 4 is 58.0 Å². The topological polar surface area (TPSA) is 101 Å². The lowest BCUT2D eigenvalue weighted by Crippen LogP contribution is -2.50. The predicted molar refractivity (Wildman–Crippen MR) is 178 cm³/mol. The van der Waals surface area contributed by atoms with Crippen molar-refractivity contribution in [1.29, 1.82) is 0 Å². The van der Waals surface area contributed by atoms with E-state index in [-0.39, 0.29) is 17.4 Å². The second kappa shape index (κ2) is 13.0. The maximum Gasteiger partial charge on any atom is 0.445 e. The van der Waals surface area contributed by atoms with E-state index in [1.54, 1.807) is 25.6 Å². The molecule has 2 aromatic heterocycles. The number of sulfonamides is 1. The van der Waals surface area contributed by atoms with Crippen LogP contribution in [0.1, 0.15) is 31.7 Å².